The van der Waals surface area contributed by atoms with Gasteiger partial charge >= 0.3 is 7.55 Å². The van der Waals surface area contributed by atoms with E-state index < -0.39 is 7.92 Å². The molecule has 4 aromatic carbocycles. The van der Waals surface area contributed by atoms with Crippen molar-refractivity contribution in [3.8, 4) is 0 Å². The highest BCUT2D eigenvalue weighted by Crippen LogP contribution is 2.43. The molecule has 4 aromatic rings. The van der Waals surface area contributed by atoms with Gasteiger partial charge in [-0.2, -0.15) is 0 Å². The lowest BCUT2D eigenvalue weighted by atomic mass is 10.1. The Morgan fingerprint density at radius 1 is 0.552 bits per heavy atom. The van der Waals surface area contributed by atoms with Crippen molar-refractivity contribution >= 4 is 43.1 Å². The van der Waals surface area contributed by atoms with Crippen molar-refractivity contribution in [3.05, 3.63) is 115 Å². The first-order valence-electron chi connectivity index (χ1n) is 9.94. The predicted octanol–water partition coefficient (Wildman–Crippen LogP) is 5.00. The number of para-hydroxylation sites is 3. The molecule has 1 aliphatic heterocycles. The van der Waals surface area contributed by atoms with Gasteiger partial charge in [-0.1, -0.05) is 91.0 Å². The van der Waals surface area contributed by atoms with Gasteiger partial charge in [-0.3, -0.25) is 0 Å². The molecule has 4 heteroatoms. The summed E-state index contributed by atoms with van der Waals surface area (Å²) in [5.74, 6) is 0. The van der Waals surface area contributed by atoms with E-state index in [4.69, 9.17) is 0 Å². The lowest BCUT2D eigenvalue weighted by Gasteiger charge is -2.27. The maximum Gasteiger partial charge on any atom is 0.361 e. The van der Waals surface area contributed by atoms with Gasteiger partial charge in [0.1, 0.15) is 0 Å². The standard InChI is InChI=1S/C25H22BN2P/c1-4-12-21(13-5-1)28-25-19-11-10-18-24(25)27(26-28)20-29(22-14-6-2-7-15-22)23-16-8-3-9-17-23/h1-19,26H,20H2. The normalized spacial score (nSPS) is 12.7. The largest absolute Gasteiger partial charge is 0.393 e. The van der Waals surface area contributed by atoms with Crippen molar-refractivity contribution < 1.29 is 0 Å². The molecule has 0 spiro atoms. The highest BCUT2D eigenvalue weighted by atomic mass is 31.1. The van der Waals surface area contributed by atoms with Crippen LogP contribution in [0, 0.1) is 0 Å². The lowest BCUT2D eigenvalue weighted by Crippen LogP contribution is -2.34. The molecule has 0 atom stereocenters. The van der Waals surface area contributed by atoms with Crippen LogP contribution < -0.4 is 20.2 Å². The summed E-state index contributed by atoms with van der Waals surface area (Å²) in [4.78, 5) is 4.95. The molecule has 0 amide bonds. The Morgan fingerprint density at radius 3 is 1.62 bits per heavy atom. The molecular formula is C25H22BN2P. The first kappa shape index (κ1) is 18.0. The van der Waals surface area contributed by atoms with E-state index >= 15 is 0 Å². The number of benzene rings is 4. The Labute approximate surface area is 174 Å². The summed E-state index contributed by atoms with van der Waals surface area (Å²) >= 11 is 0. The van der Waals surface area contributed by atoms with Crippen LogP contribution in [0.2, 0.25) is 0 Å². The third-order valence-electron chi connectivity index (χ3n) is 5.34. The highest BCUT2D eigenvalue weighted by Gasteiger charge is 2.30. The van der Waals surface area contributed by atoms with Crippen LogP contribution in [-0.2, 0) is 0 Å². The SMILES string of the molecule is B1N(CP(c2ccccc2)c2ccccc2)c2ccccc2N1c1ccccc1. The molecule has 140 valence electrons. The molecule has 5 rings (SSSR count). The topological polar surface area (TPSA) is 6.48 Å². The molecule has 29 heavy (non-hydrogen) atoms. The number of nitrogens with zero attached hydrogens (tertiary/aromatic N) is 2. The summed E-state index contributed by atoms with van der Waals surface area (Å²) in [7, 11) is 0.402. The van der Waals surface area contributed by atoms with Gasteiger partial charge in [0.25, 0.3) is 0 Å². The fourth-order valence-electron chi connectivity index (χ4n) is 3.93. The van der Waals surface area contributed by atoms with E-state index in [2.05, 4.69) is 125 Å². The minimum atomic E-state index is -0.475. The van der Waals surface area contributed by atoms with Crippen LogP contribution in [0.15, 0.2) is 115 Å². The van der Waals surface area contributed by atoms with E-state index in [1.165, 1.54) is 27.7 Å². The number of fused-ring (bicyclic) bond motifs is 1. The molecule has 0 fully saturated rings. The smallest absolute Gasteiger partial charge is 0.361 e. The zero-order chi connectivity index (χ0) is 19.5. The molecule has 0 unspecified atom stereocenters. The molecular weight excluding hydrogens is 370 g/mol. The van der Waals surface area contributed by atoms with Crippen LogP contribution in [0.25, 0.3) is 0 Å². The van der Waals surface area contributed by atoms with Crippen molar-refractivity contribution in [2.75, 3.05) is 15.9 Å². The van der Waals surface area contributed by atoms with Crippen LogP contribution in [0.5, 0.6) is 0 Å². The molecule has 0 saturated carbocycles. The molecule has 0 N–H and O–H groups in total. The minimum absolute atomic E-state index is 0.475. The van der Waals surface area contributed by atoms with Gasteiger partial charge in [-0.25, -0.2) is 0 Å². The van der Waals surface area contributed by atoms with Gasteiger partial charge in [0.05, 0.1) is 5.69 Å². The van der Waals surface area contributed by atoms with E-state index in [-0.39, 0.29) is 0 Å². The van der Waals surface area contributed by atoms with Crippen molar-refractivity contribution in [2.45, 2.75) is 0 Å². The number of rotatable bonds is 5. The first-order valence-corrected chi connectivity index (χ1v) is 11.5. The third-order valence-corrected chi connectivity index (χ3v) is 7.81. The summed E-state index contributed by atoms with van der Waals surface area (Å²) in [6.45, 7) is 0. The zero-order valence-corrected chi connectivity index (χ0v) is 17.1. The van der Waals surface area contributed by atoms with Gasteiger partial charge in [-0.05, 0) is 42.8 Å². The van der Waals surface area contributed by atoms with Gasteiger partial charge < -0.3 is 9.62 Å². The van der Waals surface area contributed by atoms with Gasteiger partial charge in [0.15, 0.2) is 0 Å². The summed E-state index contributed by atoms with van der Waals surface area (Å²) in [5.41, 5.74) is 3.84. The Balaban J connectivity index is 1.51. The summed E-state index contributed by atoms with van der Waals surface area (Å²) in [6.07, 6.45) is 1.00. The van der Waals surface area contributed by atoms with E-state index in [0.717, 1.165) is 13.8 Å². The Morgan fingerprint density at radius 2 is 1.03 bits per heavy atom. The monoisotopic (exact) mass is 392 g/mol. The highest BCUT2D eigenvalue weighted by molar-refractivity contribution is 7.73. The molecule has 1 aliphatic rings. The van der Waals surface area contributed by atoms with E-state index in [1.54, 1.807) is 0 Å². The second kappa shape index (κ2) is 8.15. The minimum Gasteiger partial charge on any atom is -0.393 e. The molecule has 0 radical (unpaired) electrons. The van der Waals surface area contributed by atoms with Crippen molar-refractivity contribution in [3.63, 3.8) is 0 Å². The lowest BCUT2D eigenvalue weighted by molar-refractivity contribution is 1.30. The van der Waals surface area contributed by atoms with Gasteiger partial charge in [-0.15, -0.1) is 0 Å². The van der Waals surface area contributed by atoms with Crippen LogP contribution >= 0.6 is 7.92 Å². The van der Waals surface area contributed by atoms with Crippen LogP contribution in [-0.4, -0.2) is 13.8 Å². The quantitative estimate of drug-likeness (QED) is 0.348. The van der Waals surface area contributed by atoms with Gasteiger partial charge in [0.2, 0.25) is 0 Å². The second-order valence-corrected chi connectivity index (χ2v) is 9.35. The van der Waals surface area contributed by atoms with E-state index in [0.29, 0.717) is 0 Å². The predicted molar refractivity (Wildman–Crippen MR) is 129 cm³/mol. The average molecular weight is 392 g/mol. The van der Waals surface area contributed by atoms with E-state index in [9.17, 15) is 0 Å². The second-order valence-electron chi connectivity index (χ2n) is 7.17. The molecule has 0 saturated heterocycles. The first-order chi connectivity index (χ1) is 14.4. The van der Waals surface area contributed by atoms with E-state index in [1.807, 2.05) is 0 Å². The molecule has 0 aromatic heterocycles. The molecule has 1 heterocycles. The van der Waals surface area contributed by atoms with Crippen molar-refractivity contribution in [1.82, 2.24) is 0 Å². The third kappa shape index (κ3) is 3.66. The maximum atomic E-state index is 2.54. The Hall–Kier alpha value is -3.03. The summed E-state index contributed by atoms with van der Waals surface area (Å²) < 4.78 is 0. The number of anilines is 3. The van der Waals surface area contributed by atoms with Crippen LogP contribution in [0.1, 0.15) is 0 Å². The summed E-state index contributed by atoms with van der Waals surface area (Å²) in [6, 6.07) is 41.4. The van der Waals surface area contributed by atoms with Crippen LogP contribution in [0.4, 0.5) is 17.1 Å². The number of hydrogen-bond acceptors (Lipinski definition) is 2. The number of hydrogen-bond donors (Lipinski definition) is 0. The fourth-order valence-corrected chi connectivity index (χ4v) is 6.20. The Bertz CT molecular complexity index is 1030. The molecule has 0 bridgehead atoms. The average Bonchev–Trinajstić information content (AvgIpc) is 3.18. The Kier molecular flexibility index (Phi) is 5.07. The maximum absolute atomic E-state index is 2.54. The zero-order valence-electron chi connectivity index (χ0n) is 16.2. The van der Waals surface area contributed by atoms with Crippen molar-refractivity contribution in [2.24, 2.45) is 0 Å². The molecule has 0 aliphatic carbocycles. The fraction of sp³-hybridized carbons (Fsp3) is 0.0400. The summed E-state index contributed by atoms with van der Waals surface area (Å²) in [5, 5.41) is 2.84. The van der Waals surface area contributed by atoms with Crippen molar-refractivity contribution in [1.29, 1.82) is 0 Å². The van der Waals surface area contributed by atoms with Crippen LogP contribution in [0.3, 0.4) is 0 Å². The van der Waals surface area contributed by atoms with Gasteiger partial charge in [0, 0.05) is 17.7 Å². The molecule has 2 nitrogen and oxygen atoms in total.